The van der Waals surface area contributed by atoms with Gasteiger partial charge in [0.2, 0.25) is 0 Å². The number of carbonyl (C=O) groups is 1. The Kier molecular flexibility index (Phi) is 8.27. The van der Waals surface area contributed by atoms with Crippen molar-refractivity contribution in [2.45, 2.75) is 6.92 Å². The average molecular weight is 196 g/mol. The summed E-state index contributed by atoms with van der Waals surface area (Å²) in [5, 5.41) is 2.49. The van der Waals surface area contributed by atoms with Crippen LogP contribution in [0.15, 0.2) is 0 Å². The maximum absolute atomic E-state index is 10.7. The predicted molar refractivity (Wildman–Crippen MR) is 46.6 cm³/mol. The first-order valence-corrected chi connectivity index (χ1v) is 4.39. The lowest BCUT2D eigenvalue weighted by Crippen LogP contribution is -2.25. The molecule has 5 heteroatoms. The van der Waals surface area contributed by atoms with E-state index in [4.69, 9.17) is 21.1 Å². The molecule has 0 rings (SSSR count). The molecule has 12 heavy (non-hydrogen) atoms. The minimum atomic E-state index is -0.410. The first kappa shape index (κ1) is 11.5. The smallest absolute Gasteiger partial charge is 0.407 e. The molecule has 0 aliphatic carbocycles. The molecule has 0 aromatic rings. The second kappa shape index (κ2) is 8.62. The summed E-state index contributed by atoms with van der Waals surface area (Å²) in [7, 11) is 0. The Balaban J connectivity index is 3.03. The first-order valence-electron chi connectivity index (χ1n) is 3.85. The second-order valence-electron chi connectivity index (χ2n) is 1.97. The molecule has 0 saturated carbocycles. The molecule has 0 fully saturated rings. The maximum Gasteiger partial charge on any atom is 0.407 e. The fraction of sp³-hybridized carbons (Fsp3) is 0.857. The minimum Gasteiger partial charge on any atom is -0.447 e. The van der Waals surface area contributed by atoms with Crippen molar-refractivity contribution in [2.24, 2.45) is 0 Å². The van der Waals surface area contributed by atoms with Crippen LogP contribution in [-0.2, 0) is 9.47 Å². The Morgan fingerprint density at radius 3 is 2.75 bits per heavy atom. The van der Waals surface area contributed by atoms with Crippen molar-refractivity contribution in [3.8, 4) is 0 Å². The zero-order valence-corrected chi connectivity index (χ0v) is 7.89. The van der Waals surface area contributed by atoms with Gasteiger partial charge in [-0.05, 0) is 6.92 Å². The van der Waals surface area contributed by atoms with E-state index in [1.807, 2.05) is 6.92 Å². The predicted octanol–water partition coefficient (Wildman–Crippen LogP) is 0.988. The molecule has 0 atom stereocenters. The standard InChI is InChI=1S/C7H14ClNO3/c1-2-9-7(10)12-6-5-11-4-3-8/h2-6H2,1H3,(H,9,10). The molecule has 72 valence electrons. The van der Waals surface area contributed by atoms with E-state index in [0.29, 0.717) is 25.6 Å². The Hall–Kier alpha value is -0.480. The van der Waals surface area contributed by atoms with Crippen molar-refractivity contribution >= 4 is 17.7 Å². The molecule has 0 aromatic heterocycles. The van der Waals surface area contributed by atoms with Crippen molar-refractivity contribution in [3.63, 3.8) is 0 Å². The largest absolute Gasteiger partial charge is 0.447 e. The van der Waals surface area contributed by atoms with Crippen molar-refractivity contribution < 1.29 is 14.3 Å². The van der Waals surface area contributed by atoms with E-state index >= 15 is 0 Å². The molecule has 0 unspecified atom stereocenters. The molecular formula is C7H14ClNO3. The van der Waals surface area contributed by atoms with Crippen molar-refractivity contribution in [1.82, 2.24) is 5.32 Å². The number of alkyl carbamates (subject to hydrolysis) is 1. The highest BCUT2D eigenvalue weighted by Gasteiger charge is 1.97. The molecule has 4 nitrogen and oxygen atoms in total. The number of nitrogens with one attached hydrogen (secondary N) is 1. The molecule has 1 N–H and O–H groups in total. The number of carbonyl (C=O) groups excluding carboxylic acids is 1. The first-order chi connectivity index (χ1) is 5.81. The van der Waals surface area contributed by atoms with Gasteiger partial charge in [0.25, 0.3) is 0 Å². The summed E-state index contributed by atoms with van der Waals surface area (Å²) in [6.45, 7) is 3.54. The number of amides is 1. The highest BCUT2D eigenvalue weighted by atomic mass is 35.5. The van der Waals surface area contributed by atoms with Crippen molar-refractivity contribution in [3.05, 3.63) is 0 Å². The van der Waals surface area contributed by atoms with Gasteiger partial charge in [0.05, 0.1) is 13.2 Å². The van der Waals surface area contributed by atoms with Crippen LogP contribution in [0.4, 0.5) is 4.79 Å². The Morgan fingerprint density at radius 2 is 2.17 bits per heavy atom. The van der Waals surface area contributed by atoms with Crippen LogP contribution >= 0.6 is 11.6 Å². The van der Waals surface area contributed by atoms with Gasteiger partial charge in [-0.1, -0.05) is 0 Å². The molecule has 0 aromatic carbocycles. The van der Waals surface area contributed by atoms with Crippen LogP contribution in [0, 0.1) is 0 Å². The molecule has 0 heterocycles. The summed E-state index contributed by atoms with van der Waals surface area (Å²) >= 11 is 5.35. The van der Waals surface area contributed by atoms with E-state index in [1.165, 1.54) is 0 Å². The van der Waals surface area contributed by atoms with Crippen LogP contribution in [-0.4, -0.2) is 38.3 Å². The monoisotopic (exact) mass is 195 g/mol. The van der Waals surface area contributed by atoms with Crippen LogP contribution in [0.5, 0.6) is 0 Å². The van der Waals surface area contributed by atoms with Crippen LogP contribution < -0.4 is 5.32 Å². The van der Waals surface area contributed by atoms with Gasteiger partial charge in [0.15, 0.2) is 0 Å². The third-order valence-corrected chi connectivity index (χ3v) is 1.16. The van der Waals surface area contributed by atoms with Gasteiger partial charge in [-0.2, -0.15) is 0 Å². The average Bonchev–Trinajstić information content (AvgIpc) is 2.05. The quantitative estimate of drug-likeness (QED) is 0.508. The normalized spacial score (nSPS) is 9.50. The molecule has 0 aliphatic heterocycles. The highest BCUT2D eigenvalue weighted by Crippen LogP contribution is 1.81. The summed E-state index contributed by atoms with van der Waals surface area (Å²) in [5.41, 5.74) is 0. The van der Waals surface area contributed by atoms with Gasteiger partial charge in [-0.25, -0.2) is 4.79 Å². The van der Waals surface area contributed by atoms with E-state index in [-0.39, 0.29) is 6.61 Å². The van der Waals surface area contributed by atoms with Crippen LogP contribution in [0.3, 0.4) is 0 Å². The third-order valence-electron chi connectivity index (χ3n) is 1.00. The van der Waals surface area contributed by atoms with Crippen LogP contribution in [0.1, 0.15) is 6.92 Å². The zero-order chi connectivity index (χ0) is 9.23. The fourth-order valence-electron chi connectivity index (χ4n) is 0.545. The molecule has 0 spiro atoms. The van der Waals surface area contributed by atoms with Gasteiger partial charge in [-0.3, -0.25) is 0 Å². The molecule has 0 bridgehead atoms. The van der Waals surface area contributed by atoms with E-state index in [1.54, 1.807) is 0 Å². The van der Waals surface area contributed by atoms with Crippen LogP contribution in [0.2, 0.25) is 0 Å². The highest BCUT2D eigenvalue weighted by molar-refractivity contribution is 6.17. The van der Waals surface area contributed by atoms with Crippen molar-refractivity contribution in [1.29, 1.82) is 0 Å². The van der Waals surface area contributed by atoms with Gasteiger partial charge >= 0.3 is 6.09 Å². The molecule has 0 saturated heterocycles. The third kappa shape index (κ3) is 7.63. The molecule has 1 amide bonds. The summed E-state index contributed by atoms with van der Waals surface area (Å²) in [6, 6.07) is 0. The lowest BCUT2D eigenvalue weighted by molar-refractivity contribution is 0.0799. The number of hydrogen-bond acceptors (Lipinski definition) is 3. The Labute approximate surface area is 77.2 Å². The fourth-order valence-corrected chi connectivity index (χ4v) is 0.654. The summed E-state index contributed by atoms with van der Waals surface area (Å²) < 4.78 is 9.69. The summed E-state index contributed by atoms with van der Waals surface area (Å²) in [6.07, 6.45) is -0.410. The second-order valence-corrected chi connectivity index (χ2v) is 2.35. The van der Waals surface area contributed by atoms with E-state index in [2.05, 4.69) is 5.32 Å². The van der Waals surface area contributed by atoms with E-state index < -0.39 is 6.09 Å². The number of rotatable bonds is 6. The molecule has 0 radical (unpaired) electrons. The van der Waals surface area contributed by atoms with Crippen molar-refractivity contribution in [2.75, 3.05) is 32.2 Å². The van der Waals surface area contributed by atoms with Gasteiger partial charge < -0.3 is 14.8 Å². The Bertz CT molecular complexity index is 121. The SMILES string of the molecule is CCNC(=O)OCCOCCCl. The molecular weight excluding hydrogens is 182 g/mol. The lowest BCUT2D eigenvalue weighted by Gasteiger charge is -2.04. The lowest BCUT2D eigenvalue weighted by atomic mass is 10.7. The number of hydrogen-bond donors (Lipinski definition) is 1. The van der Waals surface area contributed by atoms with E-state index in [9.17, 15) is 4.79 Å². The Morgan fingerprint density at radius 1 is 1.42 bits per heavy atom. The summed E-state index contributed by atoms with van der Waals surface area (Å²) in [5.74, 6) is 0.459. The topological polar surface area (TPSA) is 47.6 Å². The van der Waals surface area contributed by atoms with E-state index in [0.717, 1.165) is 0 Å². The number of alkyl halides is 1. The summed E-state index contributed by atoms with van der Waals surface area (Å²) in [4.78, 5) is 10.7. The zero-order valence-electron chi connectivity index (χ0n) is 7.14. The number of halogens is 1. The maximum atomic E-state index is 10.7. The van der Waals surface area contributed by atoms with Crippen LogP contribution in [0.25, 0.3) is 0 Å². The molecule has 0 aliphatic rings. The minimum absolute atomic E-state index is 0.267. The number of ether oxygens (including phenoxy) is 2. The van der Waals surface area contributed by atoms with Gasteiger partial charge in [-0.15, -0.1) is 11.6 Å². The van der Waals surface area contributed by atoms with Gasteiger partial charge in [0.1, 0.15) is 6.61 Å². The van der Waals surface area contributed by atoms with Gasteiger partial charge in [0, 0.05) is 12.4 Å².